The topological polar surface area (TPSA) is 88.5 Å². The van der Waals surface area contributed by atoms with Gasteiger partial charge in [0.25, 0.3) is 5.91 Å². The Morgan fingerprint density at radius 3 is 2.72 bits per heavy atom. The van der Waals surface area contributed by atoms with Crippen molar-refractivity contribution in [2.75, 3.05) is 7.11 Å². The zero-order valence-electron chi connectivity index (χ0n) is 13.9. The van der Waals surface area contributed by atoms with Crippen LogP contribution in [0.25, 0.3) is 11.3 Å². The minimum atomic E-state index is -0.793. The molecule has 0 unspecified atom stereocenters. The Kier molecular flexibility index (Phi) is 4.97. The van der Waals surface area contributed by atoms with Crippen molar-refractivity contribution in [2.45, 2.75) is 25.3 Å². The van der Waals surface area contributed by atoms with E-state index in [1.165, 1.54) is 0 Å². The molecule has 1 aliphatic rings. The predicted octanol–water partition coefficient (Wildman–Crippen LogP) is 2.74. The summed E-state index contributed by atoms with van der Waals surface area (Å²) in [5, 5.41) is 12.0. The van der Waals surface area contributed by atoms with Crippen LogP contribution in [0.15, 0.2) is 42.6 Å². The SMILES string of the molecule is COc1ccc(C(=O)N[C@@H]2CC[C@H](C(=O)O)C2)cc1-c1ccccn1. The number of ether oxygens (including phenoxy) is 1. The number of pyridine rings is 1. The van der Waals surface area contributed by atoms with E-state index in [9.17, 15) is 9.59 Å². The number of benzene rings is 1. The number of aromatic nitrogens is 1. The first kappa shape index (κ1) is 17.0. The van der Waals surface area contributed by atoms with Crippen molar-refractivity contribution < 1.29 is 19.4 Å². The van der Waals surface area contributed by atoms with Gasteiger partial charge in [-0.1, -0.05) is 6.07 Å². The lowest BCUT2D eigenvalue weighted by Crippen LogP contribution is -2.33. The van der Waals surface area contributed by atoms with Gasteiger partial charge in [-0.3, -0.25) is 14.6 Å². The van der Waals surface area contributed by atoms with Crippen LogP contribution < -0.4 is 10.1 Å². The highest BCUT2D eigenvalue weighted by molar-refractivity contribution is 5.96. The fraction of sp³-hybridized carbons (Fsp3) is 0.316. The molecular formula is C19H20N2O4. The molecule has 0 radical (unpaired) electrons. The summed E-state index contributed by atoms with van der Waals surface area (Å²) in [4.78, 5) is 27.9. The summed E-state index contributed by atoms with van der Waals surface area (Å²) in [7, 11) is 1.58. The Balaban J connectivity index is 1.78. The van der Waals surface area contributed by atoms with Crippen LogP contribution in [0.4, 0.5) is 0 Å². The molecule has 1 aromatic carbocycles. The lowest BCUT2D eigenvalue weighted by Gasteiger charge is -2.14. The van der Waals surface area contributed by atoms with Crippen molar-refractivity contribution in [3.8, 4) is 17.0 Å². The molecule has 1 aromatic heterocycles. The molecule has 1 aliphatic carbocycles. The van der Waals surface area contributed by atoms with Crippen molar-refractivity contribution in [1.82, 2.24) is 10.3 Å². The average Bonchev–Trinajstić information content (AvgIpc) is 3.10. The molecule has 6 nitrogen and oxygen atoms in total. The fourth-order valence-corrected chi connectivity index (χ4v) is 3.18. The smallest absolute Gasteiger partial charge is 0.306 e. The van der Waals surface area contributed by atoms with E-state index in [-0.39, 0.29) is 17.9 Å². The van der Waals surface area contributed by atoms with Crippen molar-refractivity contribution in [2.24, 2.45) is 5.92 Å². The number of rotatable bonds is 5. The maximum Gasteiger partial charge on any atom is 0.306 e. The molecule has 25 heavy (non-hydrogen) atoms. The first-order valence-corrected chi connectivity index (χ1v) is 8.21. The lowest BCUT2D eigenvalue weighted by molar-refractivity contribution is -0.141. The van der Waals surface area contributed by atoms with E-state index in [4.69, 9.17) is 9.84 Å². The Hall–Kier alpha value is -2.89. The van der Waals surface area contributed by atoms with Crippen LogP contribution >= 0.6 is 0 Å². The molecule has 6 heteroatoms. The van der Waals surface area contributed by atoms with E-state index in [0.717, 1.165) is 11.3 Å². The summed E-state index contributed by atoms with van der Waals surface area (Å²) < 4.78 is 5.37. The maximum atomic E-state index is 12.5. The van der Waals surface area contributed by atoms with Crippen LogP contribution in [0.5, 0.6) is 5.75 Å². The third-order valence-corrected chi connectivity index (χ3v) is 4.52. The Labute approximate surface area is 145 Å². The normalized spacial score (nSPS) is 19.4. The molecular weight excluding hydrogens is 320 g/mol. The highest BCUT2D eigenvalue weighted by atomic mass is 16.5. The van der Waals surface area contributed by atoms with Gasteiger partial charge in [0, 0.05) is 23.4 Å². The number of nitrogens with zero attached hydrogens (tertiary/aromatic N) is 1. The van der Waals surface area contributed by atoms with E-state index < -0.39 is 5.97 Å². The monoisotopic (exact) mass is 340 g/mol. The lowest BCUT2D eigenvalue weighted by atomic mass is 10.0. The van der Waals surface area contributed by atoms with Crippen LogP contribution in [0.3, 0.4) is 0 Å². The standard InChI is InChI=1S/C19H20N2O4/c1-25-17-8-6-12(11-15(17)16-4-2-3-9-20-16)18(22)21-14-7-5-13(10-14)19(23)24/h2-4,6,8-9,11,13-14H,5,7,10H2,1H3,(H,21,22)(H,23,24)/t13-,14+/m0/s1. The van der Waals surface area contributed by atoms with Crippen LogP contribution in [0.1, 0.15) is 29.6 Å². The molecule has 2 aromatic rings. The molecule has 1 fully saturated rings. The number of nitrogens with one attached hydrogen (secondary N) is 1. The van der Waals surface area contributed by atoms with Gasteiger partial charge in [-0.25, -0.2) is 0 Å². The van der Waals surface area contributed by atoms with Gasteiger partial charge in [0.1, 0.15) is 5.75 Å². The molecule has 1 saturated carbocycles. The van der Waals surface area contributed by atoms with Gasteiger partial charge in [-0.15, -0.1) is 0 Å². The van der Waals surface area contributed by atoms with Gasteiger partial charge in [0.15, 0.2) is 0 Å². The van der Waals surface area contributed by atoms with Crippen LogP contribution in [0.2, 0.25) is 0 Å². The minimum Gasteiger partial charge on any atom is -0.496 e. The van der Waals surface area contributed by atoms with Gasteiger partial charge >= 0.3 is 5.97 Å². The molecule has 0 spiro atoms. The molecule has 3 rings (SSSR count). The Morgan fingerprint density at radius 2 is 2.08 bits per heavy atom. The molecule has 2 atom stereocenters. The second-order valence-electron chi connectivity index (χ2n) is 6.15. The van der Waals surface area contributed by atoms with Crippen LogP contribution in [-0.4, -0.2) is 35.1 Å². The molecule has 0 saturated heterocycles. The number of carbonyl (C=O) groups is 2. The average molecular weight is 340 g/mol. The van der Waals surface area contributed by atoms with E-state index >= 15 is 0 Å². The van der Waals surface area contributed by atoms with Gasteiger partial charge in [-0.2, -0.15) is 0 Å². The summed E-state index contributed by atoms with van der Waals surface area (Å²) in [6, 6.07) is 10.6. The molecule has 1 amide bonds. The van der Waals surface area contributed by atoms with E-state index in [2.05, 4.69) is 10.3 Å². The zero-order valence-corrected chi connectivity index (χ0v) is 13.9. The largest absolute Gasteiger partial charge is 0.496 e. The summed E-state index contributed by atoms with van der Waals surface area (Å²) in [5.41, 5.74) is 1.96. The van der Waals surface area contributed by atoms with Crippen LogP contribution in [0, 0.1) is 5.92 Å². The van der Waals surface area contributed by atoms with Crippen molar-refractivity contribution in [3.05, 3.63) is 48.2 Å². The minimum absolute atomic E-state index is 0.103. The number of methoxy groups -OCH3 is 1. The van der Waals surface area contributed by atoms with Gasteiger partial charge in [-0.05, 0) is 49.6 Å². The Bertz CT molecular complexity index is 776. The first-order valence-electron chi connectivity index (χ1n) is 8.21. The van der Waals surface area contributed by atoms with Gasteiger partial charge < -0.3 is 15.2 Å². The number of carbonyl (C=O) groups excluding carboxylic acids is 1. The number of hydrogen-bond donors (Lipinski definition) is 2. The first-order chi connectivity index (χ1) is 12.1. The van der Waals surface area contributed by atoms with Crippen molar-refractivity contribution >= 4 is 11.9 Å². The summed E-state index contributed by atoms with van der Waals surface area (Å²) in [6.45, 7) is 0. The van der Waals surface area contributed by atoms with E-state index in [0.29, 0.717) is 30.6 Å². The van der Waals surface area contributed by atoms with E-state index in [1.807, 2.05) is 18.2 Å². The van der Waals surface area contributed by atoms with Crippen molar-refractivity contribution in [1.29, 1.82) is 0 Å². The predicted molar refractivity (Wildman–Crippen MR) is 92.5 cm³/mol. The number of carboxylic acids is 1. The zero-order chi connectivity index (χ0) is 17.8. The number of amides is 1. The second kappa shape index (κ2) is 7.34. The highest BCUT2D eigenvalue weighted by Crippen LogP contribution is 2.30. The Morgan fingerprint density at radius 1 is 1.24 bits per heavy atom. The van der Waals surface area contributed by atoms with Gasteiger partial charge in [0.2, 0.25) is 0 Å². The molecule has 0 bridgehead atoms. The van der Waals surface area contributed by atoms with Gasteiger partial charge in [0.05, 0.1) is 18.7 Å². The summed E-state index contributed by atoms with van der Waals surface area (Å²) in [5.74, 6) is -0.734. The third-order valence-electron chi connectivity index (χ3n) is 4.52. The number of hydrogen-bond acceptors (Lipinski definition) is 4. The summed E-state index contributed by atoms with van der Waals surface area (Å²) >= 11 is 0. The van der Waals surface area contributed by atoms with E-state index in [1.54, 1.807) is 31.5 Å². The number of aliphatic carboxylic acids is 1. The quantitative estimate of drug-likeness (QED) is 0.874. The molecule has 1 heterocycles. The highest BCUT2D eigenvalue weighted by Gasteiger charge is 2.30. The third kappa shape index (κ3) is 3.79. The van der Waals surface area contributed by atoms with Crippen molar-refractivity contribution in [3.63, 3.8) is 0 Å². The molecule has 2 N–H and O–H groups in total. The fourth-order valence-electron chi connectivity index (χ4n) is 3.18. The maximum absolute atomic E-state index is 12.5. The second-order valence-corrected chi connectivity index (χ2v) is 6.15. The molecule has 130 valence electrons. The van der Waals surface area contributed by atoms with Crippen LogP contribution in [-0.2, 0) is 4.79 Å². The number of carboxylic acid groups (broad SMARTS) is 1. The summed E-state index contributed by atoms with van der Waals surface area (Å²) in [6.07, 6.45) is 3.45. The molecule has 0 aliphatic heterocycles.